The number of aromatic nitrogens is 2. The van der Waals surface area contributed by atoms with Crippen molar-refractivity contribution >= 4 is 5.82 Å². The van der Waals surface area contributed by atoms with Crippen LogP contribution < -0.4 is 16.2 Å². The Hall–Kier alpha value is -1.36. The molecule has 0 fully saturated rings. The Morgan fingerprint density at radius 2 is 2.31 bits per heavy atom. The molecule has 0 saturated heterocycles. The van der Waals surface area contributed by atoms with Crippen molar-refractivity contribution in [2.75, 3.05) is 18.5 Å². The van der Waals surface area contributed by atoms with Gasteiger partial charge in [0, 0.05) is 38.6 Å². The van der Waals surface area contributed by atoms with Crippen molar-refractivity contribution in [2.45, 2.75) is 32.9 Å². The molecule has 0 spiro atoms. The lowest BCUT2D eigenvalue weighted by molar-refractivity contribution is 0.638. The number of nitrogens with zero attached hydrogens (tertiary/aromatic N) is 3. The maximum Gasteiger partial charge on any atom is 0.293 e. The number of aryl methyl sites for hydroxylation is 1. The van der Waals surface area contributed by atoms with E-state index in [4.69, 9.17) is 5.73 Å². The molecule has 0 bridgehead atoms. The van der Waals surface area contributed by atoms with Crippen LogP contribution in [-0.2, 0) is 6.54 Å². The summed E-state index contributed by atoms with van der Waals surface area (Å²) in [6, 6.07) is 0.0195. The zero-order valence-corrected chi connectivity index (χ0v) is 10.2. The first-order chi connectivity index (χ1) is 7.56. The minimum Gasteiger partial charge on any atom is -0.354 e. The topological polar surface area (TPSA) is 64.2 Å². The Bertz CT molecular complexity index is 386. The van der Waals surface area contributed by atoms with E-state index in [1.165, 1.54) is 0 Å². The van der Waals surface area contributed by atoms with E-state index < -0.39 is 0 Å². The highest BCUT2D eigenvalue weighted by Crippen LogP contribution is 2.01. The molecule has 0 aliphatic rings. The highest BCUT2D eigenvalue weighted by Gasteiger charge is 2.10. The predicted octanol–water partition coefficient (Wildman–Crippen LogP) is 0.437. The normalized spacial score (nSPS) is 12.5. The fourth-order valence-electron chi connectivity index (χ4n) is 1.63. The maximum atomic E-state index is 12.0. The number of rotatable bonds is 5. The lowest BCUT2D eigenvalue weighted by atomic mass is 10.3. The third-order valence-corrected chi connectivity index (χ3v) is 2.28. The van der Waals surface area contributed by atoms with Gasteiger partial charge in [0.2, 0.25) is 0 Å². The van der Waals surface area contributed by atoms with E-state index in [-0.39, 0.29) is 11.6 Å². The summed E-state index contributed by atoms with van der Waals surface area (Å²) in [5, 5.41) is 0. The molecule has 2 N–H and O–H groups in total. The van der Waals surface area contributed by atoms with Crippen LogP contribution in [0.2, 0.25) is 0 Å². The summed E-state index contributed by atoms with van der Waals surface area (Å²) in [6.07, 6.45) is 4.31. The Morgan fingerprint density at radius 3 is 2.88 bits per heavy atom. The van der Waals surface area contributed by atoms with E-state index in [1.54, 1.807) is 21.9 Å². The first-order valence-corrected chi connectivity index (χ1v) is 5.58. The molecular formula is C11H20N4O. The van der Waals surface area contributed by atoms with Gasteiger partial charge < -0.3 is 15.2 Å². The fourth-order valence-corrected chi connectivity index (χ4v) is 1.63. The average molecular weight is 224 g/mol. The average Bonchev–Trinajstić information content (AvgIpc) is 2.20. The standard InChI is InChI=1S/C11H20N4O/c1-4-6-15-7-5-13-10(11(15)16)14(3)8-9(2)12/h5,7,9H,4,6,8,12H2,1-3H3. The first-order valence-electron chi connectivity index (χ1n) is 5.58. The molecule has 1 atom stereocenters. The molecule has 0 saturated carbocycles. The van der Waals surface area contributed by atoms with Gasteiger partial charge in [-0.15, -0.1) is 0 Å². The van der Waals surface area contributed by atoms with Crippen LogP contribution in [0.25, 0.3) is 0 Å². The second kappa shape index (κ2) is 5.65. The van der Waals surface area contributed by atoms with E-state index in [9.17, 15) is 4.79 Å². The molecule has 5 heteroatoms. The second-order valence-electron chi connectivity index (χ2n) is 4.11. The van der Waals surface area contributed by atoms with Crippen molar-refractivity contribution in [1.82, 2.24) is 9.55 Å². The van der Waals surface area contributed by atoms with Crippen molar-refractivity contribution in [3.05, 3.63) is 22.7 Å². The zero-order chi connectivity index (χ0) is 12.1. The summed E-state index contributed by atoms with van der Waals surface area (Å²) >= 11 is 0. The quantitative estimate of drug-likeness (QED) is 0.788. The molecule has 1 aromatic heterocycles. The minimum atomic E-state index is -0.0486. The predicted molar refractivity (Wildman–Crippen MR) is 65.7 cm³/mol. The molecule has 90 valence electrons. The van der Waals surface area contributed by atoms with Crippen molar-refractivity contribution < 1.29 is 0 Å². The molecule has 16 heavy (non-hydrogen) atoms. The van der Waals surface area contributed by atoms with Crippen LogP contribution in [0.5, 0.6) is 0 Å². The van der Waals surface area contributed by atoms with Crippen molar-refractivity contribution in [2.24, 2.45) is 5.73 Å². The van der Waals surface area contributed by atoms with Gasteiger partial charge in [0.25, 0.3) is 5.56 Å². The smallest absolute Gasteiger partial charge is 0.293 e. The number of nitrogens with two attached hydrogens (primary N) is 1. The number of anilines is 1. The molecule has 0 radical (unpaired) electrons. The summed E-state index contributed by atoms with van der Waals surface area (Å²) in [4.78, 5) is 17.9. The lowest BCUT2D eigenvalue weighted by Crippen LogP contribution is -2.37. The van der Waals surface area contributed by atoms with Crippen LogP contribution in [0.4, 0.5) is 5.82 Å². The van der Waals surface area contributed by atoms with E-state index in [0.717, 1.165) is 13.0 Å². The molecule has 1 unspecified atom stereocenters. The minimum absolute atomic E-state index is 0.0195. The van der Waals surface area contributed by atoms with Gasteiger partial charge in [-0.05, 0) is 13.3 Å². The highest BCUT2D eigenvalue weighted by molar-refractivity contribution is 5.34. The molecule has 0 aliphatic carbocycles. The SMILES string of the molecule is CCCn1ccnc(N(C)CC(C)N)c1=O. The lowest BCUT2D eigenvalue weighted by Gasteiger charge is -2.20. The molecule has 1 heterocycles. The summed E-state index contributed by atoms with van der Waals surface area (Å²) < 4.78 is 1.68. The molecule has 1 rings (SSSR count). The van der Waals surface area contributed by atoms with Crippen molar-refractivity contribution in [3.8, 4) is 0 Å². The monoisotopic (exact) mass is 224 g/mol. The molecule has 5 nitrogen and oxygen atoms in total. The molecular weight excluding hydrogens is 204 g/mol. The molecule has 0 aromatic carbocycles. The Labute approximate surface area is 95.9 Å². The van der Waals surface area contributed by atoms with Gasteiger partial charge in [0.15, 0.2) is 5.82 Å². The summed E-state index contributed by atoms with van der Waals surface area (Å²) in [7, 11) is 1.84. The van der Waals surface area contributed by atoms with Gasteiger partial charge >= 0.3 is 0 Å². The number of hydrogen-bond donors (Lipinski definition) is 1. The molecule has 1 aromatic rings. The summed E-state index contributed by atoms with van der Waals surface area (Å²) in [6.45, 7) is 5.29. The summed E-state index contributed by atoms with van der Waals surface area (Å²) in [5.41, 5.74) is 5.65. The molecule has 0 amide bonds. The number of likely N-dealkylation sites (N-methyl/N-ethyl adjacent to an activating group) is 1. The Kier molecular flexibility index (Phi) is 4.49. The van der Waals surface area contributed by atoms with E-state index in [1.807, 2.05) is 20.9 Å². The first kappa shape index (κ1) is 12.7. The van der Waals surface area contributed by atoms with Gasteiger partial charge in [0.05, 0.1) is 0 Å². The Balaban J connectivity index is 2.96. The zero-order valence-electron chi connectivity index (χ0n) is 10.2. The fraction of sp³-hybridized carbons (Fsp3) is 0.636. The van der Waals surface area contributed by atoms with Crippen molar-refractivity contribution in [1.29, 1.82) is 0 Å². The van der Waals surface area contributed by atoms with Gasteiger partial charge in [-0.2, -0.15) is 0 Å². The van der Waals surface area contributed by atoms with E-state index in [0.29, 0.717) is 12.4 Å². The highest BCUT2D eigenvalue weighted by atomic mass is 16.1. The van der Waals surface area contributed by atoms with Crippen LogP contribution in [0.15, 0.2) is 17.2 Å². The molecule has 0 aliphatic heterocycles. The third-order valence-electron chi connectivity index (χ3n) is 2.28. The summed E-state index contributed by atoms with van der Waals surface area (Å²) in [5.74, 6) is 0.466. The van der Waals surface area contributed by atoms with Crippen molar-refractivity contribution in [3.63, 3.8) is 0 Å². The maximum absolute atomic E-state index is 12.0. The van der Waals surface area contributed by atoms with Gasteiger partial charge in [-0.25, -0.2) is 4.98 Å². The van der Waals surface area contributed by atoms with E-state index in [2.05, 4.69) is 4.98 Å². The Morgan fingerprint density at radius 1 is 1.62 bits per heavy atom. The third kappa shape index (κ3) is 3.06. The van der Waals surface area contributed by atoms with Crippen LogP contribution in [0.3, 0.4) is 0 Å². The van der Waals surface area contributed by atoms with Crippen LogP contribution in [0.1, 0.15) is 20.3 Å². The number of hydrogen-bond acceptors (Lipinski definition) is 4. The second-order valence-corrected chi connectivity index (χ2v) is 4.11. The van der Waals surface area contributed by atoms with Crippen LogP contribution in [0, 0.1) is 0 Å². The van der Waals surface area contributed by atoms with Crippen LogP contribution in [-0.4, -0.2) is 29.2 Å². The van der Waals surface area contributed by atoms with Gasteiger partial charge in [-0.3, -0.25) is 4.79 Å². The van der Waals surface area contributed by atoms with Gasteiger partial charge in [-0.1, -0.05) is 6.92 Å². The van der Waals surface area contributed by atoms with E-state index >= 15 is 0 Å². The largest absolute Gasteiger partial charge is 0.354 e. The van der Waals surface area contributed by atoms with Crippen LogP contribution >= 0.6 is 0 Å². The van der Waals surface area contributed by atoms with Gasteiger partial charge in [0.1, 0.15) is 0 Å².